The minimum atomic E-state index is -0.840. The highest BCUT2D eigenvalue weighted by Gasteiger charge is 2.42. The van der Waals surface area contributed by atoms with Gasteiger partial charge in [-0.3, -0.25) is 9.59 Å². The summed E-state index contributed by atoms with van der Waals surface area (Å²) in [6, 6.07) is 21.6. The molecule has 5 N–H and O–H groups in total. The van der Waals surface area contributed by atoms with Gasteiger partial charge >= 0.3 is 0 Å². The largest absolute Gasteiger partial charge is 0.508 e. The molecule has 1 aliphatic rings. The number of amides is 2. The molecule has 10 nitrogen and oxygen atoms in total. The molecule has 1 aliphatic heterocycles. The van der Waals surface area contributed by atoms with Crippen molar-refractivity contribution in [3.63, 3.8) is 0 Å². The molecule has 2 amide bonds. The predicted octanol–water partition coefficient (Wildman–Crippen LogP) is 5.24. The number of ether oxygens (including phenoxy) is 3. The summed E-state index contributed by atoms with van der Waals surface area (Å²) in [6.45, 7) is 4.63. The summed E-state index contributed by atoms with van der Waals surface area (Å²) in [5, 5.41) is 35.1. The van der Waals surface area contributed by atoms with Crippen molar-refractivity contribution in [2.24, 2.45) is 0 Å². The van der Waals surface area contributed by atoms with Crippen molar-refractivity contribution < 1.29 is 39.1 Å². The number of nitrogens with one attached hydrogen (secondary N) is 2. The van der Waals surface area contributed by atoms with Crippen LogP contribution in [0.25, 0.3) is 11.6 Å². The molecule has 0 unspecified atom stereocenters. The van der Waals surface area contributed by atoms with Crippen LogP contribution in [-0.2, 0) is 16.0 Å². The number of hydrogen-bond acceptors (Lipinski definition) is 8. The molecule has 242 valence electrons. The highest BCUT2D eigenvalue weighted by atomic mass is 16.5. The first kappa shape index (κ1) is 32.5. The van der Waals surface area contributed by atoms with Gasteiger partial charge in [-0.15, -0.1) is 0 Å². The van der Waals surface area contributed by atoms with Crippen LogP contribution in [0, 0.1) is 0 Å². The van der Waals surface area contributed by atoms with E-state index < -0.39 is 12.0 Å². The van der Waals surface area contributed by atoms with Crippen LogP contribution in [0.15, 0.2) is 91.5 Å². The van der Waals surface area contributed by atoms with Crippen LogP contribution in [0.5, 0.6) is 34.5 Å². The van der Waals surface area contributed by atoms with E-state index in [0.717, 1.165) is 11.1 Å². The molecule has 0 fully saturated rings. The van der Waals surface area contributed by atoms with E-state index in [1.165, 1.54) is 26.4 Å². The van der Waals surface area contributed by atoms with Gasteiger partial charge in [0.25, 0.3) is 0 Å². The summed E-state index contributed by atoms with van der Waals surface area (Å²) in [5.41, 5.74) is 4.16. The number of fused-ring (bicyclic) bond motifs is 1. The number of phenols is 3. The first-order valence-corrected chi connectivity index (χ1v) is 14.9. The third-order valence-electron chi connectivity index (χ3n) is 7.85. The van der Waals surface area contributed by atoms with Crippen LogP contribution in [0.4, 0.5) is 0 Å². The molecule has 0 radical (unpaired) electrons. The summed E-state index contributed by atoms with van der Waals surface area (Å²) in [7, 11) is 2.93. The number of phenolic OH excluding ortho intramolecular Hbond substituents is 3. The van der Waals surface area contributed by atoms with E-state index in [2.05, 4.69) is 17.2 Å². The average Bonchev–Trinajstić information content (AvgIpc) is 3.47. The average molecular weight is 637 g/mol. The van der Waals surface area contributed by atoms with Crippen LogP contribution in [0.1, 0.15) is 39.8 Å². The van der Waals surface area contributed by atoms with Gasteiger partial charge in [-0.1, -0.05) is 36.9 Å². The second-order valence-corrected chi connectivity index (χ2v) is 11.0. The van der Waals surface area contributed by atoms with E-state index in [-0.39, 0.29) is 41.4 Å². The fourth-order valence-corrected chi connectivity index (χ4v) is 5.35. The number of hydrogen-bond donors (Lipinski definition) is 5. The van der Waals surface area contributed by atoms with Gasteiger partial charge in [0.05, 0.1) is 14.2 Å². The molecule has 0 bridgehead atoms. The molecule has 0 saturated heterocycles. The van der Waals surface area contributed by atoms with Gasteiger partial charge in [-0.05, 0) is 88.9 Å². The highest BCUT2D eigenvalue weighted by molar-refractivity contribution is 5.92. The summed E-state index contributed by atoms with van der Waals surface area (Å²) in [5.74, 6) is -0.211. The van der Waals surface area contributed by atoms with Crippen molar-refractivity contribution in [2.75, 3.05) is 27.3 Å². The number of benzene rings is 4. The molecule has 0 saturated carbocycles. The summed E-state index contributed by atoms with van der Waals surface area (Å²) >= 11 is 0. The Bertz CT molecular complexity index is 1800. The molecule has 0 aromatic heterocycles. The van der Waals surface area contributed by atoms with Crippen molar-refractivity contribution in [1.82, 2.24) is 10.6 Å². The lowest BCUT2D eigenvalue weighted by Gasteiger charge is -2.20. The van der Waals surface area contributed by atoms with Crippen LogP contribution >= 0.6 is 0 Å². The van der Waals surface area contributed by atoms with Gasteiger partial charge in [0.2, 0.25) is 11.8 Å². The fourth-order valence-electron chi connectivity index (χ4n) is 5.35. The van der Waals surface area contributed by atoms with E-state index in [1.807, 2.05) is 0 Å². The van der Waals surface area contributed by atoms with Crippen LogP contribution < -0.4 is 24.8 Å². The lowest BCUT2D eigenvalue weighted by Crippen LogP contribution is -2.32. The topological polar surface area (TPSA) is 147 Å². The van der Waals surface area contributed by atoms with Crippen molar-refractivity contribution in [3.05, 3.63) is 119 Å². The predicted molar refractivity (Wildman–Crippen MR) is 178 cm³/mol. The summed E-state index contributed by atoms with van der Waals surface area (Å²) in [4.78, 5) is 26.6. The maximum Gasteiger partial charge on any atom is 0.244 e. The zero-order chi connectivity index (χ0) is 33.5. The van der Waals surface area contributed by atoms with Crippen molar-refractivity contribution in [1.29, 1.82) is 0 Å². The second-order valence-electron chi connectivity index (χ2n) is 11.0. The SMILES string of the molecule is C=C(CNC(=O)[C@H]1c2cc(/C=C/C(=O)NCCc3ccc(O)cc3)cc(OC)c2O[C@H]1c1ccc(O)c(OC)c1)c1ccc(O)cc1. The van der Waals surface area contributed by atoms with E-state index >= 15 is 0 Å². The minimum Gasteiger partial charge on any atom is -0.508 e. The molecule has 4 aromatic carbocycles. The Balaban J connectivity index is 1.39. The Labute approximate surface area is 272 Å². The van der Waals surface area contributed by atoms with E-state index in [9.17, 15) is 24.9 Å². The lowest BCUT2D eigenvalue weighted by atomic mass is 9.89. The van der Waals surface area contributed by atoms with Crippen LogP contribution in [0.2, 0.25) is 0 Å². The van der Waals surface area contributed by atoms with Gasteiger partial charge in [-0.25, -0.2) is 0 Å². The Hall–Kier alpha value is -5.90. The number of aromatic hydroxyl groups is 3. The van der Waals surface area contributed by atoms with Gasteiger partial charge in [-0.2, -0.15) is 0 Å². The molecular formula is C37H36N2O8. The molecule has 0 aliphatic carbocycles. The number of methoxy groups -OCH3 is 2. The lowest BCUT2D eigenvalue weighted by molar-refractivity contribution is -0.123. The molecular weight excluding hydrogens is 600 g/mol. The normalized spacial score (nSPS) is 15.0. The highest BCUT2D eigenvalue weighted by Crippen LogP contribution is 2.52. The molecule has 0 spiro atoms. The first-order valence-electron chi connectivity index (χ1n) is 14.9. The van der Waals surface area contributed by atoms with Gasteiger partial charge in [0.1, 0.15) is 23.5 Å². The third-order valence-corrected chi connectivity index (χ3v) is 7.85. The Morgan fingerprint density at radius 2 is 1.55 bits per heavy atom. The monoisotopic (exact) mass is 636 g/mol. The van der Waals surface area contributed by atoms with Crippen LogP contribution in [-0.4, -0.2) is 54.4 Å². The van der Waals surface area contributed by atoms with E-state index in [1.54, 1.807) is 78.9 Å². The maximum absolute atomic E-state index is 13.9. The molecule has 10 heteroatoms. The number of rotatable bonds is 12. The maximum atomic E-state index is 13.9. The standard InChI is InChI=1S/C37H36N2O8/c1-22(25-7-12-28(41)13-8-25)21-39-37(44)34-29-18-24(6-15-33(43)38-17-16-23-4-10-27(40)11-5-23)19-32(46-3)36(29)47-35(34)26-9-14-30(42)31(20-26)45-2/h4-15,18-20,34-35,40-42H,1,16-17,21H2,2-3H3,(H,38,43)(H,39,44)/b15-6+/t34-,35-/m0/s1. The molecule has 2 atom stereocenters. The molecule has 4 aromatic rings. The Morgan fingerprint density at radius 3 is 2.23 bits per heavy atom. The van der Waals surface area contributed by atoms with Crippen molar-refractivity contribution in [2.45, 2.75) is 18.4 Å². The Kier molecular flexibility index (Phi) is 10.0. The molecule has 47 heavy (non-hydrogen) atoms. The van der Waals surface area contributed by atoms with Gasteiger partial charge in [0, 0.05) is 24.7 Å². The summed E-state index contributed by atoms with van der Waals surface area (Å²) < 4.78 is 17.4. The third kappa shape index (κ3) is 7.67. The van der Waals surface area contributed by atoms with Gasteiger partial charge < -0.3 is 40.2 Å². The van der Waals surface area contributed by atoms with Crippen molar-refractivity contribution >= 4 is 23.5 Å². The first-order chi connectivity index (χ1) is 22.7. The second kappa shape index (κ2) is 14.5. The zero-order valence-corrected chi connectivity index (χ0v) is 26.0. The van der Waals surface area contributed by atoms with E-state index in [4.69, 9.17) is 14.2 Å². The zero-order valence-electron chi connectivity index (χ0n) is 26.0. The van der Waals surface area contributed by atoms with Crippen LogP contribution in [0.3, 0.4) is 0 Å². The molecule has 5 rings (SSSR count). The van der Waals surface area contributed by atoms with E-state index in [0.29, 0.717) is 46.7 Å². The number of carbonyl (C=O) groups is 2. The minimum absolute atomic E-state index is 0.0516. The number of carbonyl (C=O) groups excluding carboxylic acids is 2. The summed E-state index contributed by atoms with van der Waals surface area (Å²) in [6.07, 6.45) is 2.85. The van der Waals surface area contributed by atoms with Gasteiger partial charge in [0.15, 0.2) is 23.0 Å². The smallest absolute Gasteiger partial charge is 0.244 e. The Morgan fingerprint density at radius 1 is 0.872 bits per heavy atom. The fraction of sp³-hybridized carbons (Fsp3) is 0.189. The molecule has 1 heterocycles. The quantitative estimate of drug-likeness (QED) is 0.133. The van der Waals surface area contributed by atoms with Crippen molar-refractivity contribution in [3.8, 4) is 34.5 Å².